The molecule has 0 bridgehead atoms. The molecule has 0 aliphatic rings. The lowest BCUT2D eigenvalue weighted by Gasteiger charge is -2.10. The van der Waals surface area contributed by atoms with E-state index in [1.54, 1.807) is 0 Å². The van der Waals surface area contributed by atoms with Crippen molar-refractivity contribution in [1.82, 2.24) is 5.32 Å². The zero-order chi connectivity index (χ0) is 15.5. The molecule has 0 saturated heterocycles. The van der Waals surface area contributed by atoms with Crippen molar-refractivity contribution in [2.24, 2.45) is 5.92 Å². The molecule has 118 valence electrons. The van der Waals surface area contributed by atoms with Gasteiger partial charge in [-0.15, -0.1) is 0 Å². The molecule has 0 heterocycles. The smallest absolute Gasteiger partial charge is 0.220 e. The van der Waals surface area contributed by atoms with Crippen molar-refractivity contribution >= 4 is 5.91 Å². The molecule has 0 radical (unpaired) electrons. The average molecular weight is 293 g/mol. The lowest BCUT2D eigenvalue weighted by molar-refractivity contribution is -0.121. The first-order valence-electron chi connectivity index (χ1n) is 7.69. The van der Waals surface area contributed by atoms with Gasteiger partial charge in [-0.25, -0.2) is 0 Å². The van der Waals surface area contributed by atoms with E-state index in [4.69, 9.17) is 9.84 Å². The Bertz CT molecular complexity index is 420. The molecule has 4 heteroatoms. The minimum Gasteiger partial charge on any atom is -0.493 e. The number of carbonyl (C=O) groups is 1. The van der Waals surface area contributed by atoms with Gasteiger partial charge in [0.2, 0.25) is 5.91 Å². The number of aliphatic hydroxyl groups is 1. The van der Waals surface area contributed by atoms with Crippen LogP contribution in [-0.4, -0.2) is 30.8 Å². The summed E-state index contributed by atoms with van der Waals surface area (Å²) >= 11 is 0. The molecule has 0 saturated carbocycles. The molecule has 1 aromatic rings. The van der Waals surface area contributed by atoms with Crippen LogP contribution in [0.25, 0.3) is 0 Å². The summed E-state index contributed by atoms with van der Waals surface area (Å²) in [5.41, 5.74) is 1.11. The molecule has 0 fully saturated rings. The van der Waals surface area contributed by atoms with E-state index in [-0.39, 0.29) is 12.5 Å². The molecule has 1 unspecified atom stereocenters. The molecule has 0 aliphatic heterocycles. The molecule has 0 aliphatic carbocycles. The topological polar surface area (TPSA) is 58.6 Å². The Morgan fingerprint density at radius 3 is 2.81 bits per heavy atom. The zero-order valence-electron chi connectivity index (χ0n) is 13.1. The van der Waals surface area contributed by atoms with Crippen molar-refractivity contribution in [2.45, 2.75) is 39.5 Å². The quantitative estimate of drug-likeness (QED) is 0.652. The summed E-state index contributed by atoms with van der Waals surface area (Å²) in [5, 5.41) is 11.8. The van der Waals surface area contributed by atoms with Crippen LogP contribution >= 0.6 is 0 Å². The number of hydrogen-bond donors (Lipinski definition) is 2. The van der Waals surface area contributed by atoms with Gasteiger partial charge in [0, 0.05) is 19.6 Å². The highest BCUT2D eigenvalue weighted by atomic mass is 16.5. The van der Waals surface area contributed by atoms with Gasteiger partial charge in [0.05, 0.1) is 6.61 Å². The highest BCUT2D eigenvalue weighted by Gasteiger charge is 2.03. The van der Waals surface area contributed by atoms with Crippen molar-refractivity contribution < 1.29 is 14.6 Å². The molecule has 1 rings (SSSR count). The Morgan fingerprint density at radius 2 is 2.10 bits per heavy atom. The maximum Gasteiger partial charge on any atom is 0.220 e. The van der Waals surface area contributed by atoms with Crippen LogP contribution in [0.3, 0.4) is 0 Å². The predicted molar refractivity (Wildman–Crippen MR) is 84.4 cm³/mol. The van der Waals surface area contributed by atoms with Crippen LogP contribution in [-0.2, 0) is 4.79 Å². The lowest BCUT2D eigenvalue weighted by Crippen LogP contribution is -2.25. The predicted octanol–water partition coefficient (Wildman–Crippen LogP) is 2.68. The highest BCUT2D eigenvalue weighted by molar-refractivity contribution is 5.75. The van der Waals surface area contributed by atoms with E-state index in [0.717, 1.165) is 24.2 Å². The Kier molecular flexibility index (Phi) is 8.51. The first-order chi connectivity index (χ1) is 10.1. The maximum atomic E-state index is 11.6. The van der Waals surface area contributed by atoms with E-state index in [9.17, 15) is 4.79 Å². The summed E-state index contributed by atoms with van der Waals surface area (Å²) in [5.74, 6) is 1.26. The number of para-hydroxylation sites is 1. The van der Waals surface area contributed by atoms with Crippen LogP contribution in [0.5, 0.6) is 5.75 Å². The minimum absolute atomic E-state index is 0.0695. The van der Waals surface area contributed by atoms with Crippen LogP contribution < -0.4 is 10.1 Å². The van der Waals surface area contributed by atoms with Gasteiger partial charge in [-0.3, -0.25) is 4.79 Å². The number of aliphatic hydroxyl groups excluding tert-OH is 1. The third-order valence-electron chi connectivity index (χ3n) is 3.41. The largest absolute Gasteiger partial charge is 0.493 e. The SMILES string of the molecule is Cc1ccccc1OCCCC(=O)NCCCC(C)CO. The lowest BCUT2D eigenvalue weighted by atomic mass is 10.1. The van der Waals surface area contributed by atoms with Gasteiger partial charge in [0.15, 0.2) is 0 Å². The van der Waals surface area contributed by atoms with Gasteiger partial charge in [-0.1, -0.05) is 25.1 Å². The van der Waals surface area contributed by atoms with Crippen LogP contribution in [0.15, 0.2) is 24.3 Å². The van der Waals surface area contributed by atoms with E-state index in [1.165, 1.54) is 0 Å². The normalized spacial score (nSPS) is 12.0. The number of amides is 1. The molecule has 1 aromatic carbocycles. The average Bonchev–Trinajstić information content (AvgIpc) is 2.49. The Morgan fingerprint density at radius 1 is 1.33 bits per heavy atom. The highest BCUT2D eigenvalue weighted by Crippen LogP contribution is 2.16. The molecule has 2 N–H and O–H groups in total. The monoisotopic (exact) mass is 293 g/mol. The molecular formula is C17H27NO3. The van der Waals surface area contributed by atoms with Crippen molar-refractivity contribution in [1.29, 1.82) is 0 Å². The summed E-state index contributed by atoms with van der Waals surface area (Å²) in [4.78, 5) is 11.6. The fourth-order valence-corrected chi connectivity index (χ4v) is 1.99. The van der Waals surface area contributed by atoms with Gasteiger partial charge >= 0.3 is 0 Å². The zero-order valence-corrected chi connectivity index (χ0v) is 13.1. The van der Waals surface area contributed by atoms with E-state index in [2.05, 4.69) is 5.32 Å². The van der Waals surface area contributed by atoms with Crippen molar-refractivity contribution in [3.63, 3.8) is 0 Å². The number of benzene rings is 1. The molecule has 0 aromatic heterocycles. The Hall–Kier alpha value is -1.55. The maximum absolute atomic E-state index is 11.6. The van der Waals surface area contributed by atoms with Gasteiger partial charge in [-0.05, 0) is 43.7 Å². The molecule has 1 atom stereocenters. The molecule has 21 heavy (non-hydrogen) atoms. The molecular weight excluding hydrogens is 266 g/mol. The number of hydrogen-bond acceptors (Lipinski definition) is 3. The fourth-order valence-electron chi connectivity index (χ4n) is 1.99. The van der Waals surface area contributed by atoms with Crippen molar-refractivity contribution in [2.75, 3.05) is 19.8 Å². The molecule has 4 nitrogen and oxygen atoms in total. The van der Waals surface area contributed by atoms with Gasteiger partial charge < -0.3 is 15.2 Å². The van der Waals surface area contributed by atoms with Crippen LogP contribution in [0, 0.1) is 12.8 Å². The first kappa shape index (κ1) is 17.5. The number of aryl methyl sites for hydroxylation is 1. The summed E-state index contributed by atoms with van der Waals surface area (Å²) in [6.07, 6.45) is 3.05. The molecule has 1 amide bonds. The van der Waals surface area contributed by atoms with Crippen LogP contribution in [0.1, 0.15) is 38.2 Å². The summed E-state index contributed by atoms with van der Waals surface area (Å²) in [6, 6.07) is 7.88. The number of rotatable bonds is 10. The van der Waals surface area contributed by atoms with Gasteiger partial charge in [0.25, 0.3) is 0 Å². The van der Waals surface area contributed by atoms with Crippen molar-refractivity contribution in [3.05, 3.63) is 29.8 Å². The second-order valence-corrected chi connectivity index (χ2v) is 5.50. The third kappa shape index (κ3) is 7.71. The molecule has 0 spiro atoms. The first-order valence-corrected chi connectivity index (χ1v) is 7.69. The minimum atomic E-state index is 0.0695. The van der Waals surface area contributed by atoms with Gasteiger partial charge in [0.1, 0.15) is 5.75 Å². The number of carbonyl (C=O) groups excluding carboxylic acids is 1. The third-order valence-corrected chi connectivity index (χ3v) is 3.41. The van der Waals surface area contributed by atoms with Gasteiger partial charge in [-0.2, -0.15) is 0 Å². The standard InChI is InChI=1S/C17H27NO3/c1-14(13-19)7-5-11-18-17(20)10-6-12-21-16-9-4-3-8-15(16)2/h3-4,8-9,14,19H,5-7,10-13H2,1-2H3,(H,18,20). The fraction of sp³-hybridized carbons (Fsp3) is 0.588. The Labute approximate surface area is 127 Å². The summed E-state index contributed by atoms with van der Waals surface area (Å²) in [6.45, 7) is 5.46. The van der Waals surface area contributed by atoms with E-state index in [1.807, 2.05) is 38.1 Å². The Balaban J connectivity index is 2.05. The second kappa shape index (κ2) is 10.2. The van der Waals surface area contributed by atoms with E-state index < -0.39 is 0 Å². The summed E-state index contributed by atoms with van der Waals surface area (Å²) < 4.78 is 5.65. The van der Waals surface area contributed by atoms with Crippen LogP contribution in [0.4, 0.5) is 0 Å². The summed E-state index contributed by atoms with van der Waals surface area (Å²) in [7, 11) is 0. The van der Waals surface area contributed by atoms with E-state index >= 15 is 0 Å². The second-order valence-electron chi connectivity index (χ2n) is 5.50. The number of ether oxygens (including phenoxy) is 1. The van der Waals surface area contributed by atoms with Crippen LogP contribution in [0.2, 0.25) is 0 Å². The van der Waals surface area contributed by atoms with E-state index in [0.29, 0.717) is 31.9 Å². The van der Waals surface area contributed by atoms with Crippen molar-refractivity contribution in [3.8, 4) is 5.75 Å². The number of nitrogens with one attached hydrogen (secondary N) is 1.